The molecule has 1 aliphatic rings. The highest BCUT2D eigenvalue weighted by Crippen LogP contribution is 2.32. The lowest BCUT2D eigenvalue weighted by molar-refractivity contribution is -0.168. The molecule has 11 heteroatoms. The van der Waals surface area contributed by atoms with Gasteiger partial charge >= 0.3 is 0 Å². The molecule has 30 heavy (non-hydrogen) atoms. The Labute approximate surface area is 182 Å². The quantitative estimate of drug-likeness (QED) is 0.522. The number of hydroxylamine groups is 2. The van der Waals surface area contributed by atoms with E-state index in [1.54, 1.807) is 36.7 Å². The number of hydrogen-bond acceptors (Lipinski definition) is 7. The van der Waals surface area contributed by atoms with Gasteiger partial charge in [0.25, 0.3) is 10.0 Å². The maximum absolute atomic E-state index is 12.6. The van der Waals surface area contributed by atoms with Crippen LogP contribution in [0.3, 0.4) is 0 Å². The summed E-state index contributed by atoms with van der Waals surface area (Å²) in [6.07, 6.45) is 0.327. The molecule has 1 aromatic carbocycles. The Bertz CT molecular complexity index is 1200. The van der Waals surface area contributed by atoms with Crippen molar-refractivity contribution in [3.8, 4) is 0 Å². The standard InChI is InChI=1S/C19H20N4O4S3/c1-23(27-2)16(24)10-13-11-20-19(29-13)15-9-12-5-3-6-14(18(12)21-15)22-30(25,26)17-7-4-8-28-17/h3-9,13,21-22H,10-11H2,1-2H3. The number of aromatic amines is 1. The largest absolute Gasteiger partial charge is 0.351 e. The van der Waals surface area contributed by atoms with E-state index in [0.29, 0.717) is 24.2 Å². The number of aromatic nitrogens is 1. The minimum atomic E-state index is -3.65. The molecular weight excluding hydrogens is 444 g/mol. The van der Waals surface area contributed by atoms with E-state index in [1.807, 2.05) is 12.1 Å². The lowest BCUT2D eigenvalue weighted by atomic mass is 10.2. The van der Waals surface area contributed by atoms with Crippen molar-refractivity contribution in [2.75, 3.05) is 25.4 Å². The molecule has 1 amide bonds. The van der Waals surface area contributed by atoms with Crippen LogP contribution in [0.1, 0.15) is 12.1 Å². The van der Waals surface area contributed by atoms with Gasteiger partial charge in [-0.25, -0.2) is 13.5 Å². The van der Waals surface area contributed by atoms with Crippen molar-refractivity contribution in [2.24, 2.45) is 4.99 Å². The van der Waals surface area contributed by atoms with Gasteiger partial charge in [0.15, 0.2) is 0 Å². The second kappa shape index (κ2) is 8.42. The number of para-hydroxylation sites is 1. The van der Waals surface area contributed by atoms with Crippen LogP contribution >= 0.6 is 23.1 Å². The summed E-state index contributed by atoms with van der Waals surface area (Å²) in [7, 11) is -0.607. The zero-order valence-corrected chi connectivity index (χ0v) is 18.7. The monoisotopic (exact) mass is 464 g/mol. The normalized spacial score (nSPS) is 16.6. The molecule has 0 aliphatic carbocycles. The van der Waals surface area contributed by atoms with E-state index in [4.69, 9.17) is 4.84 Å². The minimum absolute atomic E-state index is 0.0355. The number of nitrogens with zero attached hydrogens (tertiary/aromatic N) is 2. The summed E-state index contributed by atoms with van der Waals surface area (Å²) >= 11 is 2.70. The molecule has 1 aliphatic heterocycles. The number of aliphatic imine (C=N–C) groups is 1. The molecule has 3 aromatic rings. The van der Waals surface area contributed by atoms with Gasteiger partial charge in [0.05, 0.1) is 30.6 Å². The fourth-order valence-electron chi connectivity index (χ4n) is 3.07. The summed E-state index contributed by atoms with van der Waals surface area (Å²) in [4.78, 5) is 24.8. The average molecular weight is 465 g/mol. The van der Waals surface area contributed by atoms with E-state index in [2.05, 4.69) is 14.7 Å². The molecule has 1 atom stereocenters. The topological polar surface area (TPSA) is 104 Å². The van der Waals surface area contributed by atoms with Crippen LogP contribution in [0.15, 0.2) is 51.0 Å². The first-order valence-electron chi connectivity index (χ1n) is 9.07. The number of thiophene rings is 1. The number of carbonyl (C=O) groups excluding carboxylic acids is 1. The third-order valence-electron chi connectivity index (χ3n) is 4.64. The second-order valence-electron chi connectivity index (χ2n) is 6.65. The Morgan fingerprint density at radius 2 is 2.20 bits per heavy atom. The summed E-state index contributed by atoms with van der Waals surface area (Å²) < 4.78 is 28.1. The Kier molecular flexibility index (Phi) is 5.87. The van der Waals surface area contributed by atoms with Crippen LogP contribution < -0.4 is 4.72 Å². The smallest absolute Gasteiger partial charge is 0.271 e. The number of benzene rings is 1. The number of nitrogens with one attached hydrogen (secondary N) is 2. The molecular formula is C19H20N4O4S3. The van der Waals surface area contributed by atoms with Crippen molar-refractivity contribution in [1.29, 1.82) is 0 Å². The van der Waals surface area contributed by atoms with Crippen LogP contribution in [0.5, 0.6) is 0 Å². The Morgan fingerprint density at radius 3 is 2.93 bits per heavy atom. The highest BCUT2D eigenvalue weighted by Gasteiger charge is 2.26. The maximum atomic E-state index is 12.6. The first-order chi connectivity index (χ1) is 14.4. The van der Waals surface area contributed by atoms with E-state index in [9.17, 15) is 13.2 Å². The van der Waals surface area contributed by atoms with E-state index < -0.39 is 10.0 Å². The number of rotatable bonds is 7. The average Bonchev–Trinajstić information content (AvgIpc) is 3.46. The molecule has 0 spiro atoms. The fourth-order valence-corrected chi connectivity index (χ4v) is 6.21. The number of amides is 1. The van der Waals surface area contributed by atoms with Crippen LogP contribution in [-0.4, -0.2) is 55.4 Å². The number of H-pyrrole nitrogens is 1. The molecule has 4 rings (SSSR count). The van der Waals surface area contributed by atoms with Crippen LogP contribution in [0, 0.1) is 0 Å². The number of carbonyl (C=O) groups is 1. The predicted octanol–water partition coefficient (Wildman–Crippen LogP) is 3.30. The molecule has 0 fully saturated rings. The first-order valence-corrected chi connectivity index (χ1v) is 12.3. The molecule has 0 saturated carbocycles. The zero-order valence-electron chi connectivity index (χ0n) is 16.3. The Morgan fingerprint density at radius 1 is 1.37 bits per heavy atom. The molecule has 2 aromatic heterocycles. The highest BCUT2D eigenvalue weighted by molar-refractivity contribution is 8.15. The van der Waals surface area contributed by atoms with Crippen molar-refractivity contribution in [3.63, 3.8) is 0 Å². The van der Waals surface area contributed by atoms with Crippen molar-refractivity contribution >= 4 is 60.7 Å². The van der Waals surface area contributed by atoms with Crippen molar-refractivity contribution in [2.45, 2.75) is 15.9 Å². The maximum Gasteiger partial charge on any atom is 0.271 e. The van der Waals surface area contributed by atoms with E-state index in [1.165, 1.54) is 35.3 Å². The van der Waals surface area contributed by atoms with Gasteiger partial charge in [0, 0.05) is 24.1 Å². The summed E-state index contributed by atoms with van der Waals surface area (Å²) in [5.74, 6) is -0.103. The predicted molar refractivity (Wildman–Crippen MR) is 121 cm³/mol. The van der Waals surface area contributed by atoms with Gasteiger partial charge < -0.3 is 4.98 Å². The lowest BCUT2D eigenvalue weighted by Gasteiger charge is -2.15. The van der Waals surface area contributed by atoms with E-state index in [0.717, 1.165) is 16.1 Å². The third-order valence-corrected chi connectivity index (χ3v) is 8.62. The molecule has 3 heterocycles. The number of sulfonamides is 1. The third kappa shape index (κ3) is 4.24. The van der Waals surface area contributed by atoms with Gasteiger partial charge in [-0.1, -0.05) is 30.0 Å². The van der Waals surface area contributed by atoms with Gasteiger partial charge in [0.1, 0.15) is 9.25 Å². The summed E-state index contributed by atoms with van der Waals surface area (Å²) in [6.45, 7) is 0.538. The summed E-state index contributed by atoms with van der Waals surface area (Å²) in [5, 5.41) is 4.65. The van der Waals surface area contributed by atoms with Gasteiger partial charge in [-0.15, -0.1) is 11.3 Å². The minimum Gasteiger partial charge on any atom is -0.351 e. The Hall–Kier alpha value is -2.34. The fraction of sp³-hybridized carbons (Fsp3) is 0.263. The molecule has 0 bridgehead atoms. The molecule has 0 saturated heterocycles. The van der Waals surface area contributed by atoms with Crippen LogP contribution in [-0.2, 0) is 19.7 Å². The molecule has 8 nitrogen and oxygen atoms in total. The second-order valence-corrected chi connectivity index (χ2v) is 10.8. The van der Waals surface area contributed by atoms with Crippen LogP contribution in [0.25, 0.3) is 10.9 Å². The van der Waals surface area contributed by atoms with Gasteiger partial charge in [-0.2, -0.15) is 0 Å². The highest BCUT2D eigenvalue weighted by atomic mass is 32.2. The Balaban J connectivity index is 1.54. The van der Waals surface area contributed by atoms with Gasteiger partial charge in [-0.05, 0) is 23.6 Å². The van der Waals surface area contributed by atoms with E-state index in [-0.39, 0.29) is 15.4 Å². The van der Waals surface area contributed by atoms with Crippen molar-refractivity contribution < 1.29 is 18.0 Å². The zero-order chi connectivity index (χ0) is 21.3. The molecule has 158 valence electrons. The number of fused-ring (bicyclic) bond motifs is 1. The molecule has 0 radical (unpaired) electrons. The first kappa shape index (κ1) is 20.9. The lowest BCUT2D eigenvalue weighted by Crippen LogP contribution is -2.28. The summed E-state index contributed by atoms with van der Waals surface area (Å²) in [5.41, 5.74) is 1.96. The molecule has 1 unspecified atom stereocenters. The van der Waals surface area contributed by atoms with Crippen molar-refractivity contribution in [3.05, 3.63) is 47.5 Å². The SMILES string of the molecule is CON(C)C(=O)CC1CN=C(c2cc3cccc(NS(=O)(=O)c4cccs4)c3[nH]2)S1. The van der Waals surface area contributed by atoms with Crippen molar-refractivity contribution in [1.82, 2.24) is 10.0 Å². The number of hydrogen-bond donors (Lipinski definition) is 2. The van der Waals surface area contributed by atoms with Crippen LogP contribution in [0.2, 0.25) is 0 Å². The number of thioether (sulfide) groups is 1. The summed E-state index contributed by atoms with van der Waals surface area (Å²) in [6, 6.07) is 10.6. The van der Waals surface area contributed by atoms with Gasteiger partial charge in [-0.3, -0.25) is 19.3 Å². The number of anilines is 1. The van der Waals surface area contributed by atoms with Crippen LogP contribution in [0.4, 0.5) is 5.69 Å². The molecule has 2 N–H and O–H groups in total. The van der Waals surface area contributed by atoms with Gasteiger partial charge in [0.2, 0.25) is 5.91 Å². The van der Waals surface area contributed by atoms with E-state index >= 15 is 0 Å².